The number of carbonyl (C=O) groups is 1. The molecule has 2 aliphatic rings. The van der Waals surface area contributed by atoms with Crippen LogP contribution in [0.1, 0.15) is 54.0 Å². The summed E-state index contributed by atoms with van der Waals surface area (Å²) in [5.41, 5.74) is 1.58. The van der Waals surface area contributed by atoms with Crippen molar-refractivity contribution >= 4 is 29.2 Å². The van der Waals surface area contributed by atoms with Gasteiger partial charge in [0.25, 0.3) is 5.91 Å². The van der Waals surface area contributed by atoms with Crippen LogP contribution in [0.25, 0.3) is 0 Å². The van der Waals surface area contributed by atoms with Crippen molar-refractivity contribution < 1.29 is 13.6 Å². The Hall–Kier alpha value is -2.22. The summed E-state index contributed by atoms with van der Waals surface area (Å²) in [6, 6.07) is 7.44. The lowest BCUT2D eigenvalue weighted by Gasteiger charge is -2.26. The van der Waals surface area contributed by atoms with E-state index in [1.165, 1.54) is 17.7 Å². The van der Waals surface area contributed by atoms with Crippen LogP contribution in [-0.2, 0) is 6.42 Å². The van der Waals surface area contributed by atoms with Gasteiger partial charge in [-0.05, 0) is 56.6 Å². The molecule has 4 rings (SSSR count). The highest BCUT2D eigenvalue weighted by Crippen LogP contribution is 2.34. The van der Waals surface area contributed by atoms with Crippen LogP contribution in [0.2, 0.25) is 0 Å². The maximum Gasteiger partial charge on any atom is 0.263 e. The fraction of sp³-hybridized carbons (Fsp3) is 0.522. The number of aryl methyl sites for hydroxylation is 1. The van der Waals surface area contributed by atoms with Gasteiger partial charge in [-0.15, -0.1) is 11.8 Å². The first-order chi connectivity index (χ1) is 14.9. The summed E-state index contributed by atoms with van der Waals surface area (Å²) < 4.78 is 29.0. The van der Waals surface area contributed by atoms with Gasteiger partial charge >= 0.3 is 0 Å². The van der Waals surface area contributed by atoms with Crippen molar-refractivity contribution in [2.24, 2.45) is 5.92 Å². The van der Waals surface area contributed by atoms with E-state index in [0.29, 0.717) is 41.6 Å². The van der Waals surface area contributed by atoms with E-state index in [-0.39, 0.29) is 25.3 Å². The zero-order valence-electron chi connectivity index (χ0n) is 18.0. The molecule has 1 N–H and O–H groups in total. The molecule has 1 amide bonds. The molecule has 8 heteroatoms. The van der Waals surface area contributed by atoms with Gasteiger partial charge in [0.05, 0.1) is 5.69 Å². The lowest BCUT2D eigenvalue weighted by molar-refractivity contribution is -0.0147. The van der Waals surface area contributed by atoms with E-state index < -0.39 is 5.92 Å². The third-order valence-electron chi connectivity index (χ3n) is 5.84. The van der Waals surface area contributed by atoms with Crippen LogP contribution in [0.15, 0.2) is 29.2 Å². The molecule has 0 atom stereocenters. The molecule has 1 fully saturated rings. The summed E-state index contributed by atoms with van der Waals surface area (Å²) in [4.78, 5) is 25.4. The fourth-order valence-corrected chi connectivity index (χ4v) is 4.35. The summed E-state index contributed by atoms with van der Waals surface area (Å²) in [5, 5.41) is 3.16. The first-order valence-electron chi connectivity index (χ1n) is 10.8. The maximum absolute atomic E-state index is 14.5. The zero-order valence-corrected chi connectivity index (χ0v) is 18.8. The van der Waals surface area contributed by atoms with E-state index in [1.54, 1.807) is 24.8 Å². The first kappa shape index (κ1) is 22.0. The molecule has 1 aliphatic heterocycles. The summed E-state index contributed by atoms with van der Waals surface area (Å²) in [7, 11) is 0. The summed E-state index contributed by atoms with van der Waals surface area (Å²) in [6.07, 6.45) is 4.81. The number of amides is 1. The predicted molar refractivity (Wildman–Crippen MR) is 120 cm³/mol. The van der Waals surface area contributed by atoms with Crippen LogP contribution < -0.4 is 10.2 Å². The minimum atomic E-state index is -2.83. The van der Waals surface area contributed by atoms with E-state index >= 15 is 0 Å². The fourth-order valence-electron chi connectivity index (χ4n) is 3.90. The highest BCUT2D eigenvalue weighted by Gasteiger charge is 2.33. The second-order valence-corrected chi connectivity index (χ2v) is 9.27. The molecule has 0 unspecified atom stereocenters. The average molecular weight is 447 g/mol. The predicted octanol–water partition coefficient (Wildman–Crippen LogP) is 5.34. The summed E-state index contributed by atoms with van der Waals surface area (Å²) in [6.45, 7) is 2.09. The molecule has 1 aromatic carbocycles. The molecular formula is C23H28F2N4OS. The lowest BCUT2D eigenvalue weighted by atomic mass is 10.1. The SMILES string of the molecule is CSc1cccc(N2CCC(F)(F)CCCNc3nc(CC4CC4)nc(C)c3C2=O)c1. The van der Waals surface area contributed by atoms with Crippen LogP contribution >= 0.6 is 11.8 Å². The van der Waals surface area contributed by atoms with Gasteiger partial charge in [0.2, 0.25) is 5.92 Å². The number of thioether (sulfide) groups is 1. The standard InChI is InChI=1S/C23H28F2N4OS/c1-15-20-21(28-19(27-15)13-16-7-8-16)26-11-4-9-23(24,25)10-12-29(22(20)30)17-5-3-6-18(14-17)31-2/h3,5-6,14,16H,4,7-13H2,1-2H3,(H,26,27,28). The lowest BCUT2D eigenvalue weighted by Crippen LogP contribution is -2.36. The van der Waals surface area contributed by atoms with E-state index in [0.717, 1.165) is 17.1 Å². The summed E-state index contributed by atoms with van der Waals surface area (Å²) in [5.74, 6) is -1.38. The Morgan fingerprint density at radius 3 is 2.81 bits per heavy atom. The molecule has 1 saturated carbocycles. The van der Waals surface area contributed by atoms with Crippen molar-refractivity contribution in [3.8, 4) is 0 Å². The number of aromatic nitrogens is 2. The Bertz CT molecular complexity index is 965. The molecule has 0 radical (unpaired) electrons. The number of carbonyl (C=O) groups excluding carboxylic acids is 1. The third-order valence-corrected chi connectivity index (χ3v) is 6.57. The molecule has 166 valence electrons. The van der Waals surface area contributed by atoms with Gasteiger partial charge in [-0.2, -0.15) is 0 Å². The highest BCUT2D eigenvalue weighted by molar-refractivity contribution is 7.98. The maximum atomic E-state index is 14.5. The Morgan fingerprint density at radius 2 is 2.06 bits per heavy atom. The van der Waals surface area contributed by atoms with Crippen LogP contribution in [0.4, 0.5) is 20.3 Å². The Labute approximate surface area is 186 Å². The molecule has 2 heterocycles. The van der Waals surface area contributed by atoms with Gasteiger partial charge in [0, 0.05) is 42.9 Å². The van der Waals surface area contributed by atoms with Crippen molar-refractivity contribution in [1.82, 2.24) is 9.97 Å². The summed E-state index contributed by atoms with van der Waals surface area (Å²) >= 11 is 1.55. The quantitative estimate of drug-likeness (QED) is 0.643. The molecule has 1 aromatic heterocycles. The number of rotatable bonds is 4. The smallest absolute Gasteiger partial charge is 0.263 e. The Kier molecular flexibility index (Phi) is 6.46. The number of hydrogen-bond donors (Lipinski definition) is 1. The Balaban J connectivity index is 1.76. The largest absolute Gasteiger partial charge is 0.369 e. The number of benzene rings is 1. The van der Waals surface area contributed by atoms with E-state index in [1.807, 2.05) is 24.5 Å². The van der Waals surface area contributed by atoms with Crippen molar-refractivity contribution in [3.05, 3.63) is 41.3 Å². The van der Waals surface area contributed by atoms with Crippen molar-refractivity contribution in [2.45, 2.75) is 56.3 Å². The number of nitrogens with one attached hydrogen (secondary N) is 1. The number of alkyl halides is 2. The van der Waals surface area contributed by atoms with Gasteiger partial charge in [0.1, 0.15) is 17.2 Å². The monoisotopic (exact) mass is 446 g/mol. The van der Waals surface area contributed by atoms with Crippen LogP contribution in [0.3, 0.4) is 0 Å². The normalized spacial score (nSPS) is 19.4. The minimum Gasteiger partial charge on any atom is -0.369 e. The second kappa shape index (κ2) is 9.10. The van der Waals surface area contributed by atoms with Gasteiger partial charge in [-0.1, -0.05) is 6.07 Å². The molecule has 1 aliphatic carbocycles. The number of nitrogens with zero attached hydrogens (tertiary/aromatic N) is 3. The van der Waals surface area contributed by atoms with Gasteiger partial charge in [-0.25, -0.2) is 18.7 Å². The molecule has 2 aromatic rings. The van der Waals surface area contributed by atoms with Gasteiger partial charge in [0.15, 0.2) is 0 Å². The van der Waals surface area contributed by atoms with Gasteiger partial charge < -0.3 is 10.2 Å². The van der Waals surface area contributed by atoms with Crippen molar-refractivity contribution in [2.75, 3.05) is 29.6 Å². The molecule has 5 nitrogen and oxygen atoms in total. The first-order valence-corrected chi connectivity index (χ1v) is 12.0. The number of halogens is 2. The Morgan fingerprint density at radius 1 is 1.26 bits per heavy atom. The molecular weight excluding hydrogens is 418 g/mol. The molecule has 0 saturated heterocycles. The van der Waals surface area contributed by atoms with Gasteiger partial charge in [-0.3, -0.25) is 4.79 Å². The topological polar surface area (TPSA) is 58.1 Å². The van der Waals surface area contributed by atoms with E-state index in [2.05, 4.69) is 15.3 Å². The number of anilines is 2. The van der Waals surface area contributed by atoms with E-state index in [9.17, 15) is 13.6 Å². The van der Waals surface area contributed by atoms with Crippen LogP contribution in [0, 0.1) is 12.8 Å². The highest BCUT2D eigenvalue weighted by atomic mass is 32.2. The minimum absolute atomic E-state index is 0.0631. The van der Waals surface area contributed by atoms with Crippen molar-refractivity contribution in [3.63, 3.8) is 0 Å². The molecule has 31 heavy (non-hydrogen) atoms. The third kappa shape index (κ3) is 5.34. The zero-order chi connectivity index (χ0) is 22.0. The molecule has 0 bridgehead atoms. The van der Waals surface area contributed by atoms with Crippen LogP contribution in [0.5, 0.6) is 0 Å². The van der Waals surface area contributed by atoms with Crippen LogP contribution in [-0.4, -0.2) is 41.1 Å². The second-order valence-electron chi connectivity index (χ2n) is 8.39. The van der Waals surface area contributed by atoms with Crippen molar-refractivity contribution in [1.29, 1.82) is 0 Å². The van der Waals surface area contributed by atoms with E-state index in [4.69, 9.17) is 0 Å². The average Bonchev–Trinajstić information content (AvgIpc) is 3.54. The molecule has 0 spiro atoms. The number of hydrogen-bond acceptors (Lipinski definition) is 5. The number of fused-ring (bicyclic) bond motifs is 1.